The van der Waals surface area contributed by atoms with Gasteiger partial charge in [0.05, 0.1) is 26.5 Å². The van der Waals surface area contributed by atoms with E-state index in [0.717, 1.165) is 39.3 Å². The van der Waals surface area contributed by atoms with Crippen molar-refractivity contribution >= 4 is 50.7 Å². The first-order chi connectivity index (χ1) is 21.0. The fourth-order valence-electron chi connectivity index (χ4n) is 5.33. The zero-order chi connectivity index (χ0) is 29.1. The van der Waals surface area contributed by atoms with Crippen LogP contribution in [0.4, 0.5) is 0 Å². The molecule has 1 unspecified atom stereocenters. The van der Waals surface area contributed by atoms with Crippen LogP contribution in [0.25, 0.3) is 49.7 Å². The number of pyridine rings is 2. The Morgan fingerprint density at radius 1 is 0.930 bits per heavy atom. The van der Waals surface area contributed by atoms with Crippen molar-refractivity contribution in [1.29, 1.82) is 0 Å². The molecule has 5 heterocycles. The van der Waals surface area contributed by atoms with Crippen LogP contribution in [0.1, 0.15) is 39.1 Å². The number of nitrogens with zero attached hydrogens (tertiary/aromatic N) is 4. The molecular weight excluding hydrogens is 558 g/mol. The lowest BCUT2D eigenvalue weighted by Gasteiger charge is -2.08. The quantitative estimate of drug-likeness (QED) is 0.193. The van der Waals surface area contributed by atoms with Crippen LogP contribution in [-0.4, -0.2) is 41.8 Å². The van der Waals surface area contributed by atoms with E-state index in [2.05, 4.69) is 37.6 Å². The molecule has 2 aliphatic carbocycles. The van der Waals surface area contributed by atoms with Crippen LogP contribution >= 0.6 is 11.3 Å². The normalized spacial score (nSPS) is 15.8. The van der Waals surface area contributed by atoms with E-state index in [-0.39, 0.29) is 11.7 Å². The van der Waals surface area contributed by atoms with Gasteiger partial charge in [0.2, 0.25) is 0 Å². The van der Waals surface area contributed by atoms with Gasteiger partial charge in [0.25, 0.3) is 5.91 Å². The molecule has 1 saturated carbocycles. The molecule has 43 heavy (non-hydrogen) atoms. The molecule has 6 aromatic rings. The van der Waals surface area contributed by atoms with Gasteiger partial charge in [-0.25, -0.2) is 9.97 Å². The summed E-state index contributed by atoms with van der Waals surface area (Å²) in [5.74, 6) is 0.770. The number of H-pyrrole nitrogens is 2. The predicted molar refractivity (Wildman–Crippen MR) is 166 cm³/mol. The Labute approximate surface area is 249 Å². The number of rotatable bonds is 6. The minimum Gasteiger partial charge on any atom is -0.336 e. The molecule has 10 heteroatoms. The van der Waals surface area contributed by atoms with E-state index in [1.165, 1.54) is 16.9 Å². The summed E-state index contributed by atoms with van der Waals surface area (Å²) in [5, 5.41) is 10.7. The number of Topliss-reactive ketones (excluding diaryl/α,β-unsaturated/α-hetero) is 1. The molecule has 8 rings (SSSR count). The summed E-state index contributed by atoms with van der Waals surface area (Å²) >= 11 is 1.40. The van der Waals surface area contributed by atoms with Gasteiger partial charge in [0, 0.05) is 23.4 Å². The highest BCUT2D eigenvalue weighted by Gasteiger charge is 2.30. The van der Waals surface area contributed by atoms with Gasteiger partial charge in [-0.3, -0.25) is 19.7 Å². The number of benzene rings is 1. The molecule has 1 aromatic carbocycles. The molecule has 0 spiro atoms. The standard InChI is InChI=1S/C33H23N7O2S/c1-17(41)26-9-10-27(43-26)30-28-24(11-12-34-30)37-32(38-28)31-29-25(39-40-31)8-7-23(36-29)21-14-19-13-20(19)15-22(16-21)35-33(42)18-5-3-2-4-6-18/h2-12,14-16,19H,13H2,1H3,(H,35,42)(H,37,38)(H,39,40). The Bertz CT molecular complexity index is 2200. The van der Waals surface area contributed by atoms with Gasteiger partial charge in [-0.2, -0.15) is 5.10 Å². The number of ketones is 1. The predicted octanol–water partition coefficient (Wildman–Crippen LogP) is 6.48. The van der Waals surface area contributed by atoms with Crippen LogP contribution in [0.5, 0.6) is 0 Å². The number of aromatic amines is 2. The second kappa shape index (κ2) is 9.81. The van der Waals surface area contributed by atoms with Crippen molar-refractivity contribution in [2.45, 2.75) is 13.3 Å². The van der Waals surface area contributed by atoms with Gasteiger partial charge in [-0.05, 0) is 73.5 Å². The van der Waals surface area contributed by atoms with E-state index in [1.807, 2.05) is 54.6 Å². The summed E-state index contributed by atoms with van der Waals surface area (Å²) in [7, 11) is 0. The fourth-order valence-corrected chi connectivity index (χ4v) is 6.23. The lowest BCUT2D eigenvalue weighted by Crippen LogP contribution is -2.21. The first kappa shape index (κ1) is 25.2. The van der Waals surface area contributed by atoms with Crippen LogP contribution < -0.4 is 5.32 Å². The zero-order valence-corrected chi connectivity index (χ0v) is 23.7. The number of nitrogens with one attached hydrogen (secondary N) is 3. The average molecular weight is 582 g/mol. The third kappa shape index (κ3) is 4.58. The molecule has 2 aliphatic rings. The molecule has 0 aliphatic heterocycles. The molecule has 3 N–H and O–H groups in total. The Kier molecular flexibility index (Phi) is 5.76. The lowest BCUT2D eigenvalue weighted by atomic mass is 10.1. The molecule has 1 amide bonds. The highest BCUT2D eigenvalue weighted by molar-refractivity contribution is 7.17. The molecule has 5 aromatic heterocycles. The summed E-state index contributed by atoms with van der Waals surface area (Å²) in [6.07, 6.45) is 8.93. The number of carbonyl (C=O) groups is 2. The van der Waals surface area contributed by atoms with Crippen molar-refractivity contribution in [3.05, 3.63) is 112 Å². The number of thiophene rings is 1. The Morgan fingerprint density at radius 3 is 2.63 bits per heavy atom. The zero-order valence-electron chi connectivity index (χ0n) is 22.9. The number of amides is 1. The Morgan fingerprint density at radius 2 is 1.79 bits per heavy atom. The SMILES string of the molecule is CC(=O)c1ccc(-c2nccc3[nH]c(-c4n[nH]c5ccc(C6=CC7CC7=CC(NC(=O)c7ccccc7)=C6)nc45)nc23)s1. The van der Waals surface area contributed by atoms with Crippen molar-refractivity contribution in [3.63, 3.8) is 0 Å². The molecular formula is C33H23N7O2S. The van der Waals surface area contributed by atoms with Crippen LogP contribution in [0.3, 0.4) is 0 Å². The molecule has 208 valence electrons. The molecule has 1 atom stereocenters. The summed E-state index contributed by atoms with van der Waals surface area (Å²) in [6.45, 7) is 1.56. The van der Waals surface area contributed by atoms with E-state index < -0.39 is 0 Å². The highest BCUT2D eigenvalue weighted by Crippen LogP contribution is 2.43. The lowest BCUT2D eigenvalue weighted by molar-refractivity contribution is 0.0966. The van der Waals surface area contributed by atoms with E-state index in [1.54, 1.807) is 25.3 Å². The largest absolute Gasteiger partial charge is 0.336 e. The van der Waals surface area contributed by atoms with Gasteiger partial charge in [0.15, 0.2) is 17.3 Å². The number of hydrogen-bond donors (Lipinski definition) is 3. The maximum atomic E-state index is 12.9. The minimum absolute atomic E-state index is 0.0222. The van der Waals surface area contributed by atoms with Gasteiger partial charge in [-0.15, -0.1) is 11.3 Å². The number of aromatic nitrogens is 6. The van der Waals surface area contributed by atoms with E-state index in [0.29, 0.717) is 44.6 Å². The van der Waals surface area contributed by atoms with Gasteiger partial charge < -0.3 is 10.3 Å². The first-order valence-electron chi connectivity index (χ1n) is 13.8. The Hall–Kier alpha value is -5.48. The number of carbonyl (C=O) groups excluding carboxylic acids is 2. The second-order valence-electron chi connectivity index (χ2n) is 10.6. The first-order valence-corrected chi connectivity index (χ1v) is 14.6. The third-order valence-electron chi connectivity index (χ3n) is 7.61. The van der Waals surface area contributed by atoms with Crippen molar-refractivity contribution < 1.29 is 9.59 Å². The van der Waals surface area contributed by atoms with Gasteiger partial charge in [0.1, 0.15) is 16.7 Å². The average Bonchev–Trinajstić information content (AvgIpc) is 3.37. The smallest absolute Gasteiger partial charge is 0.255 e. The van der Waals surface area contributed by atoms with Crippen LogP contribution in [0, 0.1) is 5.92 Å². The summed E-state index contributed by atoms with van der Waals surface area (Å²) < 4.78 is 0. The number of allylic oxidation sites excluding steroid dienone is 5. The minimum atomic E-state index is -0.151. The van der Waals surface area contributed by atoms with E-state index in [4.69, 9.17) is 9.97 Å². The fraction of sp³-hybridized carbons (Fsp3) is 0.0909. The van der Waals surface area contributed by atoms with E-state index >= 15 is 0 Å². The third-order valence-corrected chi connectivity index (χ3v) is 8.81. The summed E-state index contributed by atoms with van der Waals surface area (Å²) in [5.41, 5.74) is 8.60. The van der Waals surface area contributed by atoms with Crippen molar-refractivity contribution in [2.24, 2.45) is 5.92 Å². The number of fused-ring (bicyclic) bond motifs is 3. The Balaban J connectivity index is 1.16. The molecule has 9 nitrogen and oxygen atoms in total. The maximum absolute atomic E-state index is 12.9. The van der Waals surface area contributed by atoms with Crippen LogP contribution in [0.15, 0.2) is 96.4 Å². The van der Waals surface area contributed by atoms with E-state index in [9.17, 15) is 9.59 Å². The van der Waals surface area contributed by atoms with Crippen LogP contribution in [-0.2, 0) is 0 Å². The molecule has 1 fully saturated rings. The molecule has 0 bridgehead atoms. The van der Waals surface area contributed by atoms with Crippen molar-refractivity contribution in [1.82, 2.24) is 35.5 Å². The second-order valence-corrected chi connectivity index (χ2v) is 11.7. The van der Waals surface area contributed by atoms with Gasteiger partial charge >= 0.3 is 0 Å². The monoisotopic (exact) mass is 581 g/mol. The number of imidazole rings is 1. The van der Waals surface area contributed by atoms with Gasteiger partial charge in [-0.1, -0.05) is 29.8 Å². The van der Waals surface area contributed by atoms with Crippen molar-refractivity contribution in [3.8, 4) is 22.1 Å². The number of hydrogen-bond acceptors (Lipinski definition) is 7. The van der Waals surface area contributed by atoms with Crippen LogP contribution in [0.2, 0.25) is 0 Å². The molecule has 0 radical (unpaired) electrons. The topological polar surface area (TPSA) is 129 Å². The highest BCUT2D eigenvalue weighted by atomic mass is 32.1. The maximum Gasteiger partial charge on any atom is 0.255 e. The summed E-state index contributed by atoms with van der Waals surface area (Å²) in [6, 6.07) is 18.7. The molecule has 0 saturated heterocycles. The summed E-state index contributed by atoms with van der Waals surface area (Å²) in [4.78, 5) is 44.2. The van der Waals surface area contributed by atoms with Crippen molar-refractivity contribution in [2.75, 3.05) is 0 Å².